The van der Waals surface area contributed by atoms with Crippen LogP contribution in [0.4, 0.5) is 0 Å². The van der Waals surface area contributed by atoms with Gasteiger partial charge in [-0.1, -0.05) is 36.4 Å². The Morgan fingerprint density at radius 3 is 2.62 bits per heavy atom. The molecule has 1 fully saturated rings. The fourth-order valence-electron chi connectivity index (χ4n) is 3.42. The molecular weight excluding hydrogens is 370 g/mol. The largest absolute Gasteiger partial charge is 0.489 e. The van der Waals surface area contributed by atoms with Gasteiger partial charge in [0.1, 0.15) is 12.4 Å². The lowest BCUT2D eigenvalue weighted by atomic mass is 9.80. The van der Waals surface area contributed by atoms with E-state index in [-0.39, 0.29) is 18.9 Å². The van der Waals surface area contributed by atoms with Gasteiger partial charge in [-0.05, 0) is 48.6 Å². The molecule has 0 saturated carbocycles. The molecule has 2 N–H and O–H groups in total. The third-order valence-electron chi connectivity index (χ3n) is 5.45. The van der Waals surface area contributed by atoms with Gasteiger partial charge >= 0.3 is 5.97 Å². The number of carbonyl (C=O) groups excluding carboxylic acids is 1. The summed E-state index contributed by atoms with van der Waals surface area (Å²) >= 11 is 0. The Morgan fingerprint density at radius 1 is 1.14 bits per heavy atom. The number of aryl methyl sites for hydroxylation is 1. The number of carboxylic acid groups (broad SMARTS) is 1. The van der Waals surface area contributed by atoms with Crippen LogP contribution in [0.2, 0.25) is 0 Å². The maximum Gasteiger partial charge on any atom is 0.311 e. The topological polar surface area (TPSA) is 84.9 Å². The number of amides is 1. The first kappa shape index (κ1) is 20.9. The Hall–Kier alpha value is -2.86. The summed E-state index contributed by atoms with van der Waals surface area (Å²) in [5, 5.41) is 12.4. The number of nitrogens with one attached hydrogen (secondary N) is 1. The number of aliphatic carboxylic acids is 1. The highest BCUT2D eigenvalue weighted by Gasteiger charge is 2.40. The van der Waals surface area contributed by atoms with E-state index in [0.717, 1.165) is 11.1 Å². The molecule has 1 heterocycles. The second-order valence-electron chi connectivity index (χ2n) is 7.51. The molecule has 1 saturated heterocycles. The van der Waals surface area contributed by atoms with Crippen LogP contribution in [0.5, 0.6) is 5.75 Å². The fraction of sp³-hybridized carbons (Fsp3) is 0.391. The number of carboxylic acids is 1. The lowest BCUT2D eigenvalue weighted by Gasteiger charge is -2.33. The summed E-state index contributed by atoms with van der Waals surface area (Å²) in [6.45, 7) is 3.44. The molecule has 0 spiro atoms. The number of hydrogen-bond acceptors (Lipinski definition) is 4. The highest BCUT2D eigenvalue weighted by atomic mass is 16.5. The van der Waals surface area contributed by atoms with E-state index < -0.39 is 11.4 Å². The number of carbonyl (C=O) groups is 2. The molecule has 6 heteroatoms. The van der Waals surface area contributed by atoms with Gasteiger partial charge in [0.25, 0.3) is 0 Å². The Kier molecular flexibility index (Phi) is 6.88. The lowest BCUT2D eigenvalue weighted by molar-refractivity contribution is -0.154. The SMILES string of the molecule is Cc1ccccc1COc1cccc(CC(=O)NCC2(C(=O)O)CCOCC2)c1. The highest BCUT2D eigenvalue weighted by Crippen LogP contribution is 2.30. The standard InChI is InChI=1S/C23H27NO5/c1-17-5-2-3-7-19(17)15-29-20-8-4-6-18(13-20)14-21(25)24-16-23(22(26)27)9-11-28-12-10-23/h2-8,13H,9-12,14-16H2,1H3,(H,24,25)(H,26,27). The maximum atomic E-state index is 12.4. The second kappa shape index (κ2) is 9.56. The zero-order chi connectivity index (χ0) is 20.7. The molecular formula is C23H27NO5. The van der Waals surface area contributed by atoms with Crippen LogP contribution in [0.25, 0.3) is 0 Å². The van der Waals surface area contributed by atoms with E-state index in [2.05, 4.69) is 5.32 Å². The van der Waals surface area contributed by atoms with Crippen molar-refractivity contribution in [3.8, 4) is 5.75 Å². The third-order valence-corrected chi connectivity index (χ3v) is 5.45. The average molecular weight is 397 g/mol. The van der Waals surface area contributed by atoms with Crippen LogP contribution in [0, 0.1) is 12.3 Å². The molecule has 2 aromatic carbocycles. The molecule has 1 aliphatic heterocycles. The summed E-state index contributed by atoms with van der Waals surface area (Å²) in [7, 11) is 0. The van der Waals surface area contributed by atoms with E-state index >= 15 is 0 Å². The van der Waals surface area contributed by atoms with Crippen LogP contribution in [0.1, 0.15) is 29.5 Å². The van der Waals surface area contributed by atoms with E-state index in [0.29, 0.717) is 38.4 Å². The van der Waals surface area contributed by atoms with Crippen molar-refractivity contribution >= 4 is 11.9 Å². The average Bonchev–Trinajstić information content (AvgIpc) is 2.72. The van der Waals surface area contributed by atoms with E-state index in [1.54, 1.807) is 0 Å². The van der Waals surface area contributed by atoms with Gasteiger partial charge < -0.3 is 19.9 Å². The van der Waals surface area contributed by atoms with Crippen LogP contribution >= 0.6 is 0 Å². The smallest absolute Gasteiger partial charge is 0.311 e. The predicted octanol–water partition coefficient (Wildman–Crippen LogP) is 3.11. The van der Waals surface area contributed by atoms with Crippen molar-refractivity contribution < 1.29 is 24.2 Å². The van der Waals surface area contributed by atoms with Crippen molar-refractivity contribution in [1.29, 1.82) is 0 Å². The Bertz CT molecular complexity index is 858. The molecule has 0 radical (unpaired) electrons. The van der Waals surface area contributed by atoms with Crippen molar-refractivity contribution in [3.05, 3.63) is 65.2 Å². The van der Waals surface area contributed by atoms with Crippen LogP contribution < -0.4 is 10.1 Å². The summed E-state index contributed by atoms with van der Waals surface area (Å²) in [5.74, 6) is -0.383. The minimum absolute atomic E-state index is 0.119. The minimum Gasteiger partial charge on any atom is -0.489 e. The zero-order valence-electron chi connectivity index (χ0n) is 16.6. The monoisotopic (exact) mass is 397 g/mol. The number of benzene rings is 2. The molecule has 0 aliphatic carbocycles. The minimum atomic E-state index is -0.938. The van der Waals surface area contributed by atoms with Crippen LogP contribution in [-0.2, 0) is 27.4 Å². The maximum absolute atomic E-state index is 12.4. The van der Waals surface area contributed by atoms with Crippen molar-refractivity contribution in [2.45, 2.75) is 32.8 Å². The molecule has 1 aliphatic rings. The van der Waals surface area contributed by atoms with Gasteiger partial charge in [-0.15, -0.1) is 0 Å². The lowest BCUT2D eigenvalue weighted by Crippen LogP contribution is -2.46. The van der Waals surface area contributed by atoms with E-state index in [4.69, 9.17) is 9.47 Å². The van der Waals surface area contributed by atoms with E-state index in [1.165, 1.54) is 5.56 Å². The van der Waals surface area contributed by atoms with Crippen LogP contribution in [0.3, 0.4) is 0 Å². The fourth-order valence-corrected chi connectivity index (χ4v) is 3.42. The summed E-state index contributed by atoms with van der Waals surface area (Å²) in [6, 6.07) is 15.5. The molecule has 3 rings (SSSR count). The molecule has 0 unspecified atom stereocenters. The van der Waals surface area contributed by atoms with Gasteiger partial charge in [-0.25, -0.2) is 0 Å². The van der Waals surface area contributed by atoms with Crippen molar-refractivity contribution in [2.24, 2.45) is 5.41 Å². The van der Waals surface area contributed by atoms with E-state index in [9.17, 15) is 14.7 Å². The van der Waals surface area contributed by atoms with Crippen LogP contribution in [0.15, 0.2) is 48.5 Å². The summed E-state index contributed by atoms with van der Waals surface area (Å²) < 4.78 is 11.1. The molecule has 154 valence electrons. The Balaban J connectivity index is 1.54. The Labute approximate surface area is 170 Å². The van der Waals surface area contributed by atoms with Crippen molar-refractivity contribution in [2.75, 3.05) is 19.8 Å². The first-order chi connectivity index (χ1) is 14.0. The number of ether oxygens (including phenoxy) is 2. The quantitative estimate of drug-likeness (QED) is 0.715. The van der Waals surface area contributed by atoms with Crippen LogP contribution in [-0.4, -0.2) is 36.7 Å². The van der Waals surface area contributed by atoms with Gasteiger partial charge in [0, 0.05) is 19.8 Å². The molecule has 1 amide bonds. The number of rotatable bonds is 8. The van der Waals surface area contributed by atoms with Gasteiger partial charge in [0.15, 0.2) is 0 Å². The molecule has 2 aromatic rings. The second-order valence-corrected chi connectivity index (χ2v) is 7.51. The molecule has 29 heavy (non-hydrogen) atoms. The van der Waals surface area contributed by atoms with Gasteiger partial charge in [0.05, 0.1) is 11.8 Å². The van der Waals surface area contributed by atoms with Gasteiger partial charge in [-0.2, -0.15) is 0 Å². The van der Waals surface area contributed by atoms with Crippen molar-refractivity contribution in [1.82, 2.24) is 5.32 Å². The molecule has 0 atom stereocenters. The highest BCUT2D eigenvalue weighted by molar-refractivity contribution is 5.80. The summed E-state index contributed by atoms with van der Waals surface area (Å²) in [5.41, 5.74) is 2.17. The predicted molar refractivity (Wildman–Crippen MR) is 109 cm³/mol. The summed E-state index contributed by atoms with van der Waals surface area (Å²) in [6.07, 6.45) is 0.990. The first-order valence-electron chi connectivity index (χ1n) is 9.83. The normalized spacial score (nSPS) is 15.5. The Morgan fingerprint density at radius 2 is 1.90 bits per heavy atom. The molecule has 0 bridgehead atoms. The van der Waals surface area contributed by atoms with Gasteiger partial charge in [-0.3, -0.25) is 9.59 Å². The third kappa shape index (κ3) is 5.57. The van der Waals surface area contributed by atoms with Crippen molar-refractivity contribution in [3.63, 3.8) is 0 Å². The van der Waals surface area contributed by atoms with Gasteiger partial charge in [0.2, 0.25) is 5.91 Å². The molecule has 0 aromatic heterocycles. The summed E-state index contributed by atoms with van der Waals surface area (Å²) in [4.78, 5) is 24.1. The van der Waals surface area contributed by atoms with E-state index in [1.807, 2.05) is 55.5 Å². The molecule has 6 nitrogen and oxygen atoms in total. The number of hydrogen-bond donors (Lipinski definition) is 2. The zero-order valence-corrected chi connectivity index (χ0v) is 16.6. The first-order valence-corrected chi connectivity index (χ1v) is 9.83.